The third-order valence-electron chi connectivity index (χ3n) is 6.02. The first kappa shape index (κ1) is 20.8. The highest BCUT2D eigenvalue weighted by atomic mass is 32.1. The zero-order valence-corrected chi connectivity index (χ0v) is 18.2. The van der Waals surface area contributed by atoms with E-state index in [0.29, 0.717) is 13.1 Å². The molecule has 2 saturated heterocycles. The number of thiophene rings is 1. The van der Waals surface area contributed by atoms with Crippen LogP contribution in [0, 0.1) is 5.92 Å². The van der Waals surface area contributed by atoms with E-state index in [9.17, 15) is 9.59 Å². The van der Waals surface area contributed by atoms with Gasteiger partial charge < -0.3 is 15.1 Å². The van der Waals surface area contributed by atoms with Crippen molar-refractivity contribution in [3.8, 4) is 0 Å². The van der Waals surface area contributed by atoms with Crippen LogP contribution >= 0.6 is 11.3 Å². The van der Waals surface area contributed by atoms with Crippen molar-refractivity contribution in [2.24, 2.45) is 5.92 Å². The van der Waals surface area contributed by atoms with Crippen LogP contribution in [-0.4, -0.2) is 47.9 Å². The van der Waals surface area contributed by atoms with Gasteiger partial charge in [-0.2, -0.15) is 0 Å². The molecular weight excluding hydrogens is 396 g/mol. The third kappa shape index (κ3) is 5.19. The summed E-state index contributed by atoms with van der Waals surface area (Å²) in [5.41, 5.74) is 1.00. The van der Waals surface area contributed by atoms with Crippen LogP contribution in [-0.2, 0) is 11.3 Å². The van der Waals surface area contributed by atoms with Crippen LogP contribution in [0.3, 0.4) is 0 Å². The number of anilines is 1. The van der Waals surface area contributed by atoms with E-state index in [0.717, 1.165) is 48.7 Å². The maximum Gasteiger partial charge on any atom is 0.263 e. The molecule has 0 bridgehead atoms. The van der Waals surface area contributed by atoms with Gasteiger partial charge >= 0.3 is 0 Å². The van der Waals surface area contributed by atoms with Gasteiger partial charge in [-0.05, 0) is 48.8 Å². The predicted octanol–water partition coefficient (Wildman–Crippen LogP) is 3.69. The van der Waals surface area contributed by atoms with E-state index in [1.165, 1.54) is 37.0 Å². The molecule has 0 unspecified atom stereocenters. The first-order chi connectivity index (χ1) is 14.7. The molecule has 6 nitrogen and oxygen atoms in total. The summed E-state index contributed by atoms with van der Waals surface area (Å²) in [5, 5.41) is 4.95. The number of pyridine rings is 1. The molecule has 0 radical (unpaired) electrons. The van der Waals surface area contributed by atoms with Gasteiger partial charge in [0.15, 0.2) is 0 Å². The monoisotopic (exact) mass is 426 g/mol. The number of rotatable bonds is 5. The molecule has 7 heteroatoms. The Morgan fingerprint density at radius 2 is 1.90 bits per heavy atom. The highest BCUT2D eigenvalue weighted by Gasteiger charge is 2.29. The van der Waals surface area contributed by atoms with Gasteiger partial charge in [-0.1, -0.05) is 25.0 Å². The first-order valence-corrected chi connectivity index (χ1v) is 11.9. The van der Waals surface area contributed by atoms with E-state index < -0.39 is 0 Å². The highest BCUT2D eigenvalue weighted by molar-refractivity contribution is 7.12. The van der Waals surface area contributed by atoms with Gasteiger partial charge in [0.05, 0.1) is 10.8 Å². The normalized spacial score (nSPS) is 19.9. The molecule has 2 fully saturated rings. The molecule has 0 saturated carbocycles. The molecule has 0 aliphatic carbocycles. The number of carbonyl (C=O) groups excluding carboxylic acids is 2. The van der Waals surface area contributed by atoms with Crippen LogP contribution in [0.1, 0.15) is 53.8 Å². The second-order valence-corrected chi connectivity index (χ2v) is 9.16. The third-order valence-corrected chi connectivity index (χ3v) is 6.88. The van der Waals surface area contributed by atoms with E-state index in [4.69, 9.17) is 0 Å². The Morgan fingerprint density at radius 1 is 1.07 bits per heavy atom. The summed E-state index contributed by atoms with van der Waals surface area (Å²) in [6, 6.07) is 7.85. The number of carbonyl (C=O) groups is 2. The Bertz CT molecular complexity index is 829. The van der Waals surface area contributed by atoms with Gasteiger partial charge in [-0.15, -0.1) is 11.3 Å². The lowest BCUT2D eigenvalue weighted by Gasteiger charge is -2.31. The van der Waals surface area contributed by atoms with Crippen molar-refractivity contribution >= 4 is 29.0 Å². The van der Waals surface area contributed by atoms with Crippen molar-refractivity contribution in [3.05, 3.63) is 46.3 Å². The van der Waals surface area contributed by atoms with Gasteiger partial charge in [-0.25, -0.2) is 4.98 Å². The number of aromatic nitrogens is 1. The minimum atomic E-state index is -0.146. The lowest BCUT2D eigenvalue weighted by molar-refractivity contribution is -0.126. The van der Waals surface area contributed by atoms with Crippen LogP contribution in [0.15, 0.2) is 35.8 Å². The van der Waals surface area contributed by atoms with Gasteiger partial charge in [-0.3, -0.25) is 9.59 Å². The number of piperidine rings is 1. The first-order valence-electron chi connectivity index (χ1n) is 11.0. The Labute approximate surface area is 182 Å². The number of hydrogen-bond acceptors (Lipinski definition) is 5. The fourth-order valence-electron chi connectivity index (χ4n) is 4.27. The number of hydrogen-bond donors (Lipinski definition) is 1. The molecule has 2 aliphatic heterocycles. The molecule has 1 N–H and O–H groups in total. The number of nitrogens with one attached hydrogen (secondary N) is 1. The van der Waals surface area contributed by atoms with E-state index in [1.54, 1.807) is 0 Å². The van der Waals surface area contributed by atoms with E-state index >= 15 is 0 Å². The highest BCUT2D eigenvalue weighted by Crippen LogP contribution is 2.21. The Kier molecular flexibility index (Phi) is 7.00. The van der Waals surface area contributed by atoms with E-state index in [2.05, 4.69) is 27.3 Å². The topological polar surface area (TPSA) is 65.5 Å². The maximum absolute atomic E-state index is 12.7. The molecule has 1 atom stereocenters. The van der Waals surface area contributed by atoms with E-state index in [1.807, 2.05) is 28.6 Å². The van der Waals surface area contributed by atoms with Gasteiger partial charge in [0.1, 0.15) is 5.82 Å². The summed E-state index contributed by atoms with van der Waals surface area (Å²) < 4.78 is 0. The molecule has 4 heterocycles. The summed E-state index contributed by atoms with van der Waals surface area (Å²) in [7, 11) is 0. The second-order valence-electron chi connectivity index (χ2n) is 8.21. The lowest BCUT2D eigenvalue weighted by atomic mass is 9.97. The van der Waals surface area contributed by atoms with Gasteiger partial charge in [0, 0.05) is 38.9 Å². The quantitative estimate of drug-likeness (QED) is 0.792. The summed E-state index contributed by atoms with van der Waals surface area (Å²) in [5.74, 6) is 0.944. The van der Waals surface area contributed by atoms with Crippen molar-refractivity contribution in [2.75, 3.05) is 31.1 Å². The molecule has 2 amide bonds. The zero-order chi connectivity index (χ0) is 20.8. The molecule has 0 aromatic carbocycles. The standard InChI is InChI=1S/C23H30N4O2S/c28-22(19-7-5-13-27(17-19)23(29)20-8-6-14-30-20)25-16-18-9-10-21(24-15-18)26-11-3-1-2-4-12-26/h6,8-10,14-15,19H,1-5,7,11-13,16-17H2,(H,25,28)/t19-/m1/s1. The molecular formula is C23H30N4O2S. The number of amides is 2. The fourth-order valence-corrected chi connectivity index (χ4v) is 4.96. The minimum Gasteiger partial charge on any atom is -0.357 e. The van der Waals surface area contributed by atoms with Crippen LogP contribution in [0.5, 0.6) is 0 Å². The average Bonchev–Trinajstić information content (AvgIpc) is 3.20. The summed E-state index contributed by atoms with van der Waals surface area (Å²) >= 11 is 1.45. The maximum atomic E-state index is 12.7. The van der Waals surface area contributed by atoms with Crippen molar-refractivity contribution in [1.29, 1.82) is 0 Å². The zero-order valence-electron chi connectivity index (χ0n) is 17.4. The van der Waals surface area contributed by atoms with Crippen molar-refractivity contribution in [3.63, 3.8) is 0 Å². The van der Waals surface area contributed by atoms with Gasteiger partial charge in [0.25, 0.3) is 5.91 Å². The molecule has 2 aromatic rings. The lowest BCUT2D eigenvalue weighted by Crippen LogP contribution is -2.45. The summed E-state index contributed by atoms with van der Waals surface area (Å²) in [6.07, 6.45) is 8.62. The van der Waals surface area contributed by atoms with Crippen LogP contribution in [0.25, 0.3) is 0 Å². The van der Waals surface area contributed by atoms with Crippen molar-refractivity contribution in [2.45, 2.75) is 45.1 Å². The molecule has 2 aliphatic rings. The Morgan fingerprint density at radius 3 is 2.60 bits per heavy atom. The van der Waals surface area contributed by atoms with Crippen molar-refractivity contribution < 1.29 is 9.59 Å². The minimum absolute atomic E-state index is 0.0234. The van der Waals surface area contributed by atoms with E-state index in [-0.39, 0.29) is 17.7 Å². The molecule has 0 spiro atoms. The van der Waals surface area contributed by atoms with Gasteiger partial charge in [0.2, 0.25) is 5.91 Å². The van der Waals surface area contributed by atoms with Crippen molar-refractivity contribution in [1.82, 2.24) is 15.2 Å². The average molecular weight is 427 g/mol. The van der Waals surface area contributed by atoms with Crippen LogP contribution in [0.2, 0.25) is 0 Å². The van der Waals surface area contributed by atoms with Crippen LogP contribution < -0.4 is 10.2 Å². The summed E-state index contributed by atoms with van der Waals surface area (Å²) in [4.78, 5) is 34.8. The fraction of sp³-hybridized carbons (Fsp3) is 0.522. The molecule has 4 rings (SSSR count). The SMILES string of the molecule is O=C(NCc1ccc(N2CCCCCC2)nc1)[C@@H]1CCCN(C(=O)c2cccs2)C1. The second kappa shape index (κ2) is 10.1. The molecule has 160 valence electrons. The summed E-state index contributed by atoms with van der Waals surface area (Å²) in [6.45, 7) is 3.84. The Balaban J connectivity index is 1.28. The largest absolute Gasteiger partial charge is 0.357 e. The molecule has 30 heavy (non-hydrogen) atoms. The number of likely N-dealkylation sites (tertiary alicyclic amines) is 1. The Hall–Kier alpha value is -2.41. The predicted molar refractivity (Wildman–Crippen MR) is 120 cm³/mol. The molecule has 2 aromatic heterocycles. The number of nitrogens with zero attached hydrogens (tertiary/aromatic N) is 3. The smallest absolute Gasteiger partial charge is 0.263 e. The van der Waals surface area contributed by atoms with Crippen LogP contribution in [0.4, 0.5) is 5.82 Å².